The number of rotatable bonds is 5. The molecular weight excluding hydrogens is 448 g/mol. The van der Waals surface area contributed by atoms with E-state index in [2.05, 4.69) is 31.4 Å². The molecular formula is C22H17BrN4O3. The number of anilines is 1. The number of hydrogen-bond acceptors (Lipinski definition) is 5. The highest BCUT2D eigenvalue weighted by molar-refractivity contribution is 9.10. The van der Waals surface area contributed by atoms with E-state index in [0.717, 1.165) is 15.6 Å². The number of benzene rings is 2. The summed E-state index contributed by atoms with van der Waals surface area (Å²) in [6.45, 7) is 1.77. The summed E-state index contributed by atoms with van der Waals surface area (Å²) < 4.78 is 7.58. The molecule has 0 spiro atoms. The zero-order valence-corrected chi connectivity index (χ0v) is 17.6. The van der Waals surface area contributed by atoms with E-state index >= 15 is 0 Å². The summed E-state index contributed by atoms with van der Waals surface area (Å²) >= 11 is 3.42. The molecule has 2 aromatic carbocycles. The van der Waals surface area contributed by atoms with Crippen molar-refractivity contribution < 1.29 is 9.32 Å². The highest BCUT2D eigenvalue weighted by Gasteiger charge is 2.13. The van der Waals surface area contributed by atoms with Crippen molar-refractivity contribution in [1.29, 1.82) is 0 Å². The Morgan fingerprint density at radius 3 is 2.73 bits per heavy atom. The number of carbonyl (C=O) groups is 1. The van der Waals surface area contributed by atoms with Crippen LogP contribution in [0.1, 0.15) is 5.56 Å². The lowest BCUT2D eigenvalue weighted by molar-refractivity contribution is -0.116. The van der Waals surface area contributed by atoms with Crippen LogP contribution in [0.2, 0.25) is 0 Å². The Labute approximate surface area is 180 Å². The van der Waals surface area contributed by atoms with Gasteiger partial charge in [-0.05, 0) is 36.8 Å². The Morgan fingerprint density at radius 2 is 1.93 bits per heavy atom. The lowest BCUT2D eigenvalue weighted by Gasteiger charge is -2.10. The molecule has 2 heterocycles. The van der Waals surface area contributed by atoms with Crippen molar-refractivity contribution >= 4 is 27.5 Å². The molecule has 30 heavy (non-hydrogen) atoms. The molecule has 0 atom stereocenters. The van der Waals surface area contributed by atoms with Crippen LogP contribution in [0, 0.1) is 6.92 Å². The quantitative estimate of drug-likeness (QED) is 0.476. The Hall–Kier alpha value is -3.52. The van der Waals surface area contributed by atoms with Crippen molar-refractivity contribution in [1.82, 2.24) is 14.7 Å². The molecule has 0 unspecified atom stereocenters. The largest absolute Gasteiger partial charge is 0.334 e. The molecule has 0 saturated carbocycles. The first-order valence-electron chi connectivity index (χ1n) is 9.15. The summed E-state index contributed by atoms with van der Waals surface area (Å²) in [6.07, 6.45) is 1.54. The Bertz CT molecular complexity index is 1280. The maximum absolute atomic E-state index is 12.4. The van der Waals surface area contributed by atoms with Gasteiger partial charge in [0.25, 0.3) is 11.4 Å². The fourth-order valence-corrected chi connectivity index (χ4v) is 3.32. The molecule has 8 heteroatoms. The van der Waals surface area contributed by atoms with Crippen LogP contribution in [0.5, 0.6) is 0 Å². The number of amides is 1. The van der Waals surface area contributed by atoms with Gasteiger partial charge in [0.05, 0.1) is 5.56 Å². The van der Waals surface area contributed by atoms with Gasteiger partial charge in [-0.1, -0.05) is 51.4 Å². The molecule has 4 aromatic rings. The number of halogens is 1. The van der Waals surface area contributed by atoms with E-state index in [1.54, 1.807) is 6.07 Å². The molecule has 0 saturated heterocycles. The van der Waals surface area contributed by atoms with Crippen molar-refractivity contribution in [3.05, 3.63) is 87.3 Å². The lowest BCUT2D eigenvalue weighted by atomic mass is 10.2. The number of pyridine rings is 1. The first kappa shape index (κ1) is 19.8. The van der Waals surface area contributed by atoms with Gasteiger partial charge in [-0.2, -0.15) is 4.98 Å². The molecule has 7 nitrogen and oxygen atoms in total. The predicted octanol–water partition coefficient (Wildman–Crippen LogP) is 4.27. The normalized spacial score (nSPS) is 10.7. The minimum atomic E-state index is -0.302. The number of carbonyl (C=O) groups excluding carboxylic acids is 1. The first-order chi connectivity index (χ1) is 14.5. The van der Waals surface area contributed by atoms with Crippen molar-refractivity contribution in [3.8, 4) is 22.8 Å². The number of para-hydroxylation sites is 1. The average Bonchev–Trinajstić information content (AvgIpc) is 3.22. The summed E-state index contributed by atoms with van der Waals surface area (Å²) in [5.74, 6) is 0.392. The molecule has 0 radical (unpaired) electrons. The Balaban J connectivity index is 1.56. The number of aromatic nitrogens is 3. The molecule has 2 aromatic heterocycles. The minimum Gasteiger partial charge on any atom is -0.334 e. The van der Waals surface area contributed by atoms with Gasteiger partial charge in [0.1, 0.15) is 6.54 Å². The maximum atomic E-state index is 12.4. The van der Waals surface area contributed by atoms with E-state index in [9.17, 15) is 9.59 Å². The summed E-state index contributed by atoms with van der Waals surface area (Å²) in [4.78, 5) is 29.1. The summed E-state index contributed by atoms with van der Waals surface area (Å²) in [5, 5.41) is 6.83. The monoisotopic (exact) mass is 464 g/mol. The van der Waals surface area contributed by atoms with Gasteiger partial charge in [-0.25, -0.2) is 0 Å². The minimum absolute atomic E-state index is 0.131. The molecule has 0 aliphatic carbocycles. The Morgan fingerprint density at radius 1 is 1.10 bits per heavy atom. The van der Waals surface area contributed by atoms with E-state index in [1.165, 1.54) is 16.8 Å². The number of nitrogens with one attached hydrogen (secondary N) is 1. The van der Waals surface area contributed by atoms with Gasteiger partial charge in [-0.15, -0.1) is 0 Å². The summed E-state index contributed by atoms with van der Waals surface area (Å²) in [7, 11) is 0. The molecule has 0 fully saturated rings. The van der Waals surface area contributed by atoms with Crippen molar-refractivity contribution in [2.24, 2.45) is 0 Å². The lowest BCUT2D eigenvalue weighted by Crippen LogP contribution is -2.27. The van der Waals surface area contributed by atoms with Crippen LogP contribution < -0.4 is 10.9 Å². The highest BCUT2D eigenvalue weighted by atomic mass is 79.9. The van der Waals surface area contributed by atoms with E-state index in [1.807, 2.05) is 55.5 Å². The topological polar surface area (TPSA) is 90.0 Å². The van der Waals surface area contributed by atoms with Gasteiger partial charge < -0.3 is 14.4 Å². The van der Waals surface area contributed by atoms with Gasteiger partial charge >= 0.3 is 0 Å². The number of aryl methyl sites for hydroxylation is 1. The van der Waals surface area contributed by atoms with Crippen LogP contribution in [-0.2, 0) is 11.3 Å². The molecule has 0 aliphatic rings. The van der Waals surface area contributed by atoms with Crippen LogP contribution in [0.25, 0.3) is 22.8 Å². The van der Waals surface area contributed by atoms with Crippen LogP contribution in [0.15, 0.2) is 80.7 Å². The SMILES string of the molecule is Cc1ccccc1NC(=O)Cn1cc(-c2nc(-c3cccc(Br)c3)no2)ccc1=O. The molecule has 1 amide bonds. The zero-order valence-electron chi connectivity index (χ0n) is 16.0. The first-order valence-corrected chi connectivity index (χ1v) is 9.95. The van der Waals surface area contributed by atoms with Gasteiger partial charge in [-0.3, -0.25) is 9.59 Å². The van der Waals surface area contributed by atoms with Crippen molar-refractivity contribution in [2.45, 2.75) is 13.5 Å². The van der Waals surface area contributed by atoms with Crippen LogP contribution >= 0.6 is 15.9 Å². The maximum Gasteiger partial charge on any atom is 0.259 e. The van der Waals surface area contributed by atoms with Crippen molar-refractivity contribution in [3.63, 3.8) is 0 Å². The van der Waals surface area contributed by atoms with E-state index in [-0.39, 0.29) is 23.9 Å². The van der Waals surface area contributed by atoms with Crippen molar-refractivity contribution in [2.75, 3.05) is 5.32 Å². The number of hydrogen-bond donors (Lipinski definition) is 1. The van der Waals surface area contributed by atoms with Gasteiger partial charge in [0.15, 0.2) is 0 Å². The highest BCUT2D eigenvalue weighted by Crippen LogP contribution is 2.23. The number of nitrogens with zero attached hydrogens (tertiary/aromatic N) is 3. The molecule has 150 valence electrons. The second-order valence-corrected chi connectivity index (χ2v) is 7.60. The van der Waals surface area contributed by atoms with E-state index < -0.39 is 0 Å². The predicted molar refractivity (Wildman–Crippen MR) is 117 cm³/mol. The fraction of sp³-hybridized carbons (Fsp3) is 0.0909. The fourth-order valence-electron chi connectivity index (χ4n) is 2.92. The second kappa shape index (κ2) is 8.46. The van der Waals surface area contributed by atoms with E-state index in [0.29, 0.717) is 17.1 Å². The Kier molecular flexibility index (Phi) is 5.58. The smallest absolute Gasteiger partial charge is 0.259 e. The van der Waals surface area contributed by atoms with Crippen LogP contribution in [0.4, 0.5) is 5.69 Å². The van der Waals surface area contributed by atoms with E-state index in [4.69, 9.17) is 4.52 Å². The van der Waals surface area contributed by atoms with Crippen LogP contribution in [-0.4, -0.2) is 20.6 Å². The summed E-state index contributed by atoms with van der Waals surface area (Å²) in [6, 6.07) is 18.0. The second-order valence-electron chi connectivity index (χ2n) is 6.68. The molecule has 1 N–H and O–H groups in total. The average molecular weight is 465 g/mol. The molecule has 4 rings (SSSR count). The molecule has 0 aliphatic heterocycles. The third-order valence-electron chi connectivity index (χ3n) is 4.47. The van der Waals surface area contributed by atoms with Gasteiger partial charge in [0.2, 0.25) is 11.7 Å². The molecule has 0 bridgehead atoms. The zero-order chi connectivity index (χ0) is 21.1. The summed E-state index contributed by atoms with van der Waals surface area (Å²) in [5.41, 5.74) is 2.70. The third-order valence-corrected chi connectivity index (χ3v) is 4.97. The van der Waals surface area contributed by atoms with Gasteiger partial charge in [0, 0.05) is 28.0 Å². The van der Waals surface area contributed by atoms with Crippen LogP contribution in [0.3, 0.4) is 0 Å². The third kappa shape index (κ3) is 4.38. The standard InChI is InChI=1S/C22H17BrN4O3/c1-14-5-2-3-8-18(14)24-19(28)13-27-12-16(9-10-20(27)29)22-25-21(26-30-22)15-6-4-7-17(23)11-15/h2-12H,13H2,1H3,(H,24,28).